The Morgan fingerprint density at radius 3 is 2.62 bits per heavy atom. The van der Waals surface area contributed by atoms with Gasteiger partial charge in [0.05, 0.1) is 21.8 Å². The molecule has 2 aromatic carbocycles. The molecular weight excluding hydrogens is 452 g/mol. The molecule has 0 unspecified atom stereocenters. The number of fused-ring (bicyclic) bond motifs is 1. The maximum atomic E-state index is 10.5. The molecule has 1 atom stereocenters. The van der Waals surface area contributed by atoms with E-state index in [4.69, 9.17) is 9.26 Å². The van der Waals surface area contributed by atoms with E-state index in [-0.39, 0.29) is 12.4 Å². The molecule has 0 radical (unpaired) electrons. The van der Waals surface area contributed by atoms with E-state index in [1.165, 1.54) is 0 Å². The first-order valence-corrected chi connectivity index (χ1v) is 12.2. The fourth-order valence-corrected chi connectivity index (χ4v) is 4.97. The van der Waals surface area contributed by atoms with E-state index in [1.807, 2.05) is 43.3 Å². The molecule has 34 heavy (non-hydrogen) atoms. The molecule has 0 bridgehead atoms. The van der Waals surface area contributed by atoms with Gasteiger partial charge in [0.15, 0.2) is 5.76 Å². The van der Waals surface area contributed by atoms with E-state index >= 15 is 0 Å². The molecule has 3 heterocycles. The number of ether oxygens (including phenoxy) is 1. The highest BCUT2D eigenvalue weighted by molar-refractivity contribution is 7.18. The number of rotatable bonds is 8. The Kier molecular flexibility index (Phi) is 6.77. The predicted molar refractivity (Wildman–Crippen MR) is 131 cm³/mol. The lowest BCUT2D eigenvalue weighted by Gasteiger charge is -2.35. The van der Waals surface area contributed by atoms with Gasteiger partial charge in [0.2, 0.25) is 0 Å². The van der Waals surface area contributed by atoms with Crippen molar-refractivity contribution in [2.75, 3.05) is 39.3 Å². The summed E-state index contributed by atoms with van der Waals surface area (Å²) in [5, 5.41) is 25.1. The van der Waals surface area contributed by atoms with Gasteiger partial charge in [-0.05, 0) is 43.3 Å². The van der Waals surface area contributed by atoms with Crippen LogP contribution in [0.2, 0.25) is 0 Å². The molecule has 1 aliphatic heterocycles. The normalized spacial score (nSPS) is 16.2. The fourth-order valence-electron chi connectivity index (χ4n) is 4.16. The zero-order chi connectivity index (χ0) is 23.5. The predicted octanol–water partition coefficient (Wildman–Crippen LogP) is 3.52. The number of aliphatic hydroxyl groups excluding tert-OH is 1. The molecule has 0 aliphatic carbocycles. The van der Waals surface area contributed by atoms with Crippen LogP contribution in [0.15, 0.2) is 53.1 Å². The van der Waals surface area contributed by atoms with Gasteiger partial charge in [0, 0.05) is 50.4 Å². The number of benzene rings is 2. The first kappa shape index (κ1) is 22.8. The van der Waals surface area contributed by atoms with E-state index < -0.39 is 6.10 Å². The minimum Gasteiger partial charge on any atom is -0.508 e. The molecule has 2 N–H and O–H groups in total. The molecule has 0 saturated carbocycles. The summed E-state index contributed by atoms with van der Waals surface area (Å²) in [6.07, 6.45) is -0.554. The molecule has 5 rings (SSSR count). The average Bonchev–Trinajstić information content (AvgIpc) is 3.44. The number of aliphatic hydroxyl groups is 1. The second kappa shape index (κ2) is 10.1. The van der Waals surface area contributed by atoms with E-state index in [0.717, 1.165) is 64.2 Å². The third-order valence-electron chi connectivity index (χ3n) is 5.94. The molecule has 1 aliphatic rings. The number of nitrogens with zero attached hydrogens (tertiary/aromatic N) is 4. The van der Waals surface area contributed by atoms with Gasteiger partial charge in [-0.25, -0.2) is 4.98 Å². The van der Waals surface area contributed by atoms with Gasteiger partial charge in [0.25, 0.3) is 0 Å². The molecule has 178 valence electrons. The van der Waals surface area contributed by atoms with E-state index in [2.05, 4.69) is 19.9 Å². The first-order chi connectivity index (χ1) is 16.5. The molecule has 0 spiro atoms. The molecular formula is C25H28N4O4S. The third-order valence-corrected chi connectivity index (χ3v) is 6.90. The van der Waals surface area contributed by atoms with Crippen molar-refractivity contribution in [2.24, 2.45) is 0 Å². The molecule has 2 aromatic heterocycles. The number of β-amino-alcohol motifs (C(OH)–C–C–N with tert-alkyl or cyclic N) is 1. The summed E-state index contributed by atoms with van der Waals surface area (Å²) < 4.78 is 12.5. The summed E-state index contributed by atoms with van der Waals surface area (Å²) in [7, 11) is 0. The fraction of sp³-hybridized carbons (Fsp3) is 0.360. The van der Waals surface area contributed by atoms with Crippen molar-refractivity contribution in [3.63, 3.8) is 0 Å². The van der Waals surface area contributed by atoms with Crippen LogP contribution in [0.1, 0.15) is 10.8 Å². The topological polar surface area (TPSA) is 95.1 Å². The summed E-state index contributed by atoms with van der Waals surface area (Å²) in [6.45, 7) is 7.07. The van der Waals surface area contributed by atoms with E-state index in [1.54, 1.807) is 23.5 Å². The largest absolute Gasteiger partial charge is 0.508 e. The minimum atomic E-state index is -0.554. The lowest BCUT2D eigenvalue weighted by molar-refractivity contribution is 0.0430. The summed E-state index contributed by atoms with van der Waals surface area (Å²) in [4.78, 5) is 9.08. The highest BCUT2D eigenvalue weighted by Crippen LogP contribution is 2.26. The second-order valence-electron chi connectivity index (χ2n) is 8.63. The maximum absolute atomic E-state index is 10.5. The number of aromatic hydroxyl groups is 1. The van der Waals surface area contributed by atoms with Gasteiger partial charge in [-0.2, -0.15) is 0 Å². The Balaban J connectivity index is 1.05. The van der Waals surface area contributed by atoms with Crippen molar-refractivity contribution in [1.82, 2.24) is 19.9 Å². The Bertz CT molecular complexity index is 1230. The van der Waals surface area contributed by atoms with Gasteiger partial charge in [-0.1, -0.05) is 5.16 Å². The van der Waals surface area contributed by atoms with Crippen LogP contribution < -0.4 is 4.74 Å². The summed E-state index contributed by atoms with van der Waals surface area (Å²) in [6, 6.07) is 14.8. The van der Waals surface area contributed by atoms with Gasteiger partial charge < -0.3 is 19.5 Å². The van der Waals surface area contributed by atoms with Crippen LogP contribution in [-0.2, 0) is 6.54 Å². The van der Waals surface area contributed by atoms with Gasteiger partial charge in [-0.15, -0.1) is 11.3 Å². The molecule has 1 fully saturated rings. The number of hydrogen-bond acceptors (Lipinski definition) is 9. The van der Waals surface area contributed by atoms with Crippen molar-refractivity contribution < 1.29 is 19.5 Å². The lowest BCUT2D eigenvalue weighted by atomic mass is 10.1. The first-order valence-electron chi connectivity index (χ1n) is 11.4. The molecule has 4 aromatic rings. The van der Waals surface area contributed by atoms with Crippen LogP contribution in [0, 0.1) is 6.92 Å². The highest BCUT2D eigenvalue weighted by atomic mass is 32.1. The zero-order valence-electron chi connectivity index (χ0n) is 19.1. The van der Waals surface area contributed by atoms with Crippen molar-refractivity contribution >= 4 is 21.6 Å². The van der Waals surface area contributed by atoms with Crippen LogP contribution in [0.4, 0.5) is 0 Å². The number of aryl methyl sites for hydroxylation is 1. The van der Waals surface area contributed by atoms with Crippen LogP contribution in [0.3, 0.4) is 0 Å². The smallest absolute Gasteiger partial charge is 0.151 e. The van der Waals surface area contributed by atoms with Crippen LogP contribution in [0.25, 0.3) is 21.5 Å². The number of aromatic nitrogens is 2. The number of thiazole rings is 1. The summed E-state index contributed by atoms with van der Waals surface area (Å²) in [5.41, 5.74) is 2.61. The standard InChI is InChI=1S/C25H28N4O4S/c1-17-26-24-12-21(6-7-25(24)34-17)32-16-20(31)14-28-8-10-29(11-9-28)15-22-13-23(27-33-22)18-2-4-19(30)5-3-18/h2-7,12-13,20,30-31H,8-11,14-16H2,1H3/t20-/m1/s1. The zero-order valence-corrected chi connectivity index (χ0v) is 19.9. The van der Waals surface area contributed by atoms with E-state index in [9.17, 15) is 10.2 Å². The number of hydrogen-bond donors (Lipinski definition) is 2. The SMILES string of the molecule is Cc1nc2cc(OC[C@H](O)CN3CCN(Cc4cc(-c5ccc(O)cc5)no4)CC3)ccc2s1. The number of phenolic OH excluding ortho intramolecular Hbond substituents is 1. The van der Waals surface area contributed by atoms with Crippen LogP contribution in [0.5, 0.6) is 11.5 Å². The second-order valence-corrected chi connectivity index (χ2v) is 9.86. The lowest BCUT2D eigenvalue weighted by Crippen LogP contribution is -2.48. The van der Waals surface area contributed by atoms with Gasteiger partial charge >= 0.3 is 0 Å². The highest BCUT2D eigenvalue weighted by Gasteiger charge is 2.21. The third kappa shape index (κ3) is 5.56. The Morgan fingerprint density at radius 1 is 1.06 bits per heavy atom. The van der Waals surface area contributed by atoms with Crippen molar-refractivity contribution in [2.45, 2.75) is 19.6 Å². The van der Waals surface area contributed by atoms with Crippen molar-refractivity contribution in [3.8, 4) is 22.8 Å². The minimum absolute atomic E-state index is 0.231. The molecule has 9 heteroatoms. The van der Waals surface area contributed by atoms with Crippen molar-refractivity contribution in [3.05, 3.63) is 59.3 Å². The Labute approximate surface area is 202 Å². The van der Waals surface area contributed by atoms with Crippen LogP contribution in [-0.4, -0.2) is 75.6 Å². The average molecular weight is 481 g/mol. The Hall–Kier alpha value is -2.98. The maximum Gasteiger partial charge on any atom is 0.151 e. The Morgan fingerprint density at radius 2 is 1.82 bits per heavy atom. The van der Waals surface area contributed by atoms with Gasteiger partial charge in [-0.3, -0.25) is 9.80 Å². The van der Waals surface area contributed by atoms with Gasteiger partial charge in [0.1, 0.15) is 29.9 Å². The summed E-state index contributed by atoms with van der Waals surface area (Å²) >= 11 is 1.67. The molecule has 8 nitrogen and oxygen atoms in total. The monoisotopic (exact) mass is 480 g/mol. The van der Waals surface area contributed by atoms with Crippen molar-refractivity contribution in [1.29, 1.82) is 0 Å². The van der Waals surface area contributed by atoms with Crippen LogP contribution >= 0.6 is 11.3 Å². The summed E-state index contributed by atoms with van der Waals surface area (Å²) in [5.74, 6) is 1.78. The van der Waals surface area contributed by atoms with E-state index in [0.29, 0.717) is 13.1 Å². The molecule has 0 amide bonds. The molecule has 1 saturated heterocycles. The number of phenols is 1. The quantitative estimate of drug-likeness (QED) is 0.396. The number of piperazine rings is 1.